The van der Waals surface area contributed by atoms with Gasteiger partial charge < -0.3 is 10.2 Å². The minimum atomic E-state index is 0.709. The third-order valence-electron chi connectivity index (χ3n) is 4.93. The largest absolute Gasteiger partial charge is 0.350 e. The van der Waals surface area contributed by atoms with Crippen molar-refractivity contribution >= 4 is 17.3 Å². The van der Waals surface area contributed by atoms with Crippen molar-refractivity contribution in [1.82, 2.24) is 20.1 Å². The quantitative estimate of drug-likeness (QED) is 0.677. The molecule has 0 amide bonds. The lowest BCUT2D eigenvalue weighted by Gasteiger charge is -2.32. The maximum atomic E-state index is 4.48. The predicted octanol–water partition coefficient (Wildman–Crippen LogP) is 2.34. The lowest BCUT2D eigenvalue weighted by Crippen LogP contribution is -2.44. The van der Waals surface area contributed by atoms with Crippen LogP contribution < -0.4 is 5.32 Å². The van der Waals surface area contributed by atoms with Crippen LogP contribution in [0, 0.1) is 0 Å². The molecule has 3 rings (SSSR count). The zero-order chi connectivity index (χ0) is 16.1. The molecule has 5 nitrogen and oxygen atoms in total. The average molecular weight is 336 g/mol. The van der Waals surface area contributed by atoms with Gasteiger partial charge in [-0.25, -0.2) is 4.98 Å². The Morgan fingerprint density at radius 2 is 2.17 bits per heavy atom. The molecular formula is C17H29N5S. The van der Waals surface area contributed by atoms with Gasteiger partial charge >= 0.3 is 0 Å². The van der Waals surface area contributed by atoms with Crippen LogP contribution >= 0.6 is 11.3 Å². The summed E-state index contributed by atoms with van der Waals surface area (Å²) in [5, 5.41) is 4.64. The fourth-order valence-electron chi connectivity index (χ4n) is 3.60. The van der Waals surface area contributed by atoms with E-state index in [2.05, 4.69) is 32.0 Å². The highest BCUT2D eigenvalue weighted by molar-refractivity contribution is 7.11. The number of aliphatic imine (C=N–C) groups is 1. The van der Waals surface area contributed by atoms with E-state index in [1.54, 1.807) is 11.3 Å². The second-order valence-corrected chi connectivity index (χ2v) is 7.66. The fourth-order valence-corrected chi connectivity index (χ4v) is 4.40. The number of nitrogens with zero attached hydrogens (tertiary/aromatic N) is 4. The second kappa shape index (κ2) is 8.11. The number of nitrogens with one attached hydrogen (secondary N) is 1. The lowest BCUT2D eigenvalue weighted by molar-refractivity contribution is 0.168. The van der Waals surface area contributed by atoms with E-state index in [0.717, 1.165) is 37.0 Å². The molecule has 1 atom stereocenters. The summed E-state index contributed by atoms with van der Waals surface area (Å²) in [7, 11) is 1.88. The van der Waals surface area contributed by atoms with E-state index in [1.165, 1.54) is 43.6 Å². The Kier molecular flexibility index (Phi) is 5.89. The molecule has 0 saturated carbocycles. The first-order valence-corrected chi connectivity index (χ1v) is 9.75. The minimum absolute atomic E-state index is 0.709. The maximum Gasteiger partial charge on any atom is 0.194 e. The molecule has 0 radical (unpaired) electrons. The molecule has 0 spiro atoms. The van der Waals surface area contributed by atoms with Gasteiger partial charge in [0.05, 0.1) is 6.54 Å². The van der Waals surface area contributed by atoms with Gasteiger partial charge in [0.2, 0.25) is 0 Å². The van der Waals surface area contributed by atoms with Gasteiger partial charge in [0.1, 0.15) is 5.01 Å². The van der Waals surface area contributed by atoms with E-state index in [9.17, 15) is 0 Å². The number of guanidine groups is 1. The van der Waals surface area contributed by atoms with Gasteiger partial charge in [-0.2, -0.15) is 0 Å². The van der Waals surface area contributed by atoms with E-state index < -0.39 is 0 Å². The molecule has 1 aromatic rings. The van der Waals surface area contributed by atoms with Crippen LogP contribution in [0.3, 0.4) is 0 Å². The molecule has 2 aliphatic heterocycles. The Hall–Kier alpha value is -1.14. The van der Waals surface area contributed by atoms with Crippen molar-refractivity contribution in [2.75, 3.05) is 33.2 Å². The molecule has 1 aromatic heterocycles. The molecule has 3 heterocycles. The highest BCUT2D eigenvalue weighted by atomic mass is 32.1. The van der Waals surface area contributed by atoms with E-state index in [4.69, 9.17) is 0 Å². The van der Waals surface area contributed by atoms with Crippen LogP contribution in [0.4, 0.5) is 0 Å². The van der Waals surface area contributed by atoms with Crippen molar-refractivity contribution in [2.45, 2.75) is 51.6 Å². The first-order chi connectivity index (χ1) is 11.3. The first kappa shape index (κ1) is 16.7. The number of hydrogen-bond donors (Lipinski definition) is 1. The molecule has 6 heteroatoms. The maximum absolute atomic E-state index is 4.48. The van der Waals surface area contributed by atoms with Crippen molar-refractivity contribution in [2.24, 2.45) is 4.99 Å². The summed E-state index contributed by atoms with van der Waals surface area (Å²) in [6.45, 7) is 7.74. The van der Waals surface area contributed by atoms with E-state index >= 15 is 0 Å². The molecule has 1 N–H and O–H groups in total. The molecule has 23 heavy (non-hydrogen) atoms. The van der Waals surface area contributed by atoms with Gasteiger partial charge in [-0.1, -0.05) is 13.3 Å². The van der Waals surface area contributed by atoms with Crippen LogP contribution in [0.25, 0.3) is 0 Å². The number of aromatic nitrogens is 1. The van der Waals surface area contributed by atoms with Crippen molar-refractivity contribution in [3.63, 3.8) is 0 Å². The van der Waals surface area contributed by atoms with Gasteiger partial charge in [0.15, 0.2) is 5.96 Å². The molecule has 2 saturated heterocycles. The van der Waals surface area contributed by atoms with Crippen LogP contribution in [-0.2, 0) is 13.0 Å². The van der Waals surface area contributed by atoms with Gasteiger partial charge in [-0.3, -0.25) is 9.89 Å². The van der Waals surface area contributed by atoms with Crippen molar-refractivity contribution in [3.8, 4) is 0 Å². The zero-order valence-corrected chi connectivity index (χ0v) is 15.2. The number of thiazole rings is 1. The number of hydrogen-bond acceptors (Lipinski definition) is 4. The normalized spacial score (nSPS) is 23.5. The SMILES string of the molecule is CCc1cnc(CNC(=NC)N2CCC(N3CCCCC3)C2)s1. The fraction of sp³-hybridized carbons (Fsp3) is 0.765. The van der Waals surface area contributed by atoms with Crippen molar-refractivity contribution < 1.29 is 0 Å². The smallest absolute Gasteiger partial charge is 0.194 e. The summed E-state index contributed by atoms with van der Waals surface area (Å²) in [4.78, 5) is 15.4. The number of likely N-dealkylation sites (tertiary alicyclic amines) is 2. The van der Waals surface area contributed by atoms with Gasteiger partial charge in [0, 0.05) is 37.3 Å². The first-order valence-electron chi connectivity index (χ1n) is 8.93. The Bertz CT molecular complexity index is 521. The highest BCUT2D eigenvalue weighted by Crippen LogP contribution is 2.20. The Morgan fingerprint density at radius 1 is 1.35 bits per heavy atom. The minimum Gasteiger partial charge on any atom is -0.350 e. The summed E-state index contributed by atoms with van der Waals surface area (Å²) in [6, 6.07) is 0.709. The highest BCUT2D eigenvalue weighted by Gasteiger charge is 2.29. The van der Waals surface area contributed by atoms with E-state index in [0.29, 0.717) is 6.04 Å². The zero-order valence-electron chi connectivity index (χ0n) is 14.4. The summed E-state index contributed by atoms with van der Waals surface area (Å²) in [5.41, 5.74) is 0. The summed E-state index contributed by atoms with van der Waals surface area (Å²) >= 11 is 1.80. The molecule has 0 aliphatic carbocycles. The van der Waals surface area contributed by atoms with Crippen LogP contribution in [0.2, 0.25) is 0 Å². The molecule has 0 aromatic carbocycles. The third-order valence-corrected chi connectivity index (χ3v) is 6.07. The lowest BCUT2D eigenvalue weighted by atomic mass is 10.1. The molecule has 2 aliphatic rings. The van der Waals surface area contributed by atoms with Gasteiger partial charge in [0.25, 0.3) is 0 Å². The summed E-state index contributed by atoms with van der Waals surface area (Å²) in [5.74, 6) is 1.03. The monoisotopic (exact) mass is 335 g/mol. The Morgan fingerprint density at radius 3 is 2.87 bits per heavy atom. The van der Waals surface area contributed by atoms with E-state index in [-0.39, 0.29) is 0 Å². The van der Waals surface area contributed by atoms with Crippen LogP contribution in [0.1, 0.15) is 42.5 Å². The van der Waals surface area contributed by atoms with Crippen LogP contribution in [0.15, 0.2) is 11.2 Å². The van der Waals surface area contributed by atoms with Crippen molar-refractivity contribution in [3.05, 3.63) is 16.1 Å². The molecule has 0 bridgehead atoms. The van der Waals surface area contributed by atoms with E-state index in [1.807, 2.05) is 13.2 Å². The number of aryl methyl sites for hydroxylation is 1. The molecule has 1 unspecified atom stereocenters. The van der Waals surface area contributed by atoms with Crippen LogP contribution in [-0.4, -0.2) is 60.0 Å². The third kappa shape index (κ3) is 4.23. The molecule has 2 fully saturated rings. The topological polar surface area (TPSA) is 43.8 Å². The van der Waals surface area contributed by atoms with Gasteiger partial charge in [-0.15, -0.1) is 11.3 Å². The average Bonchev–Trinajstić information content (AvgIpc) is 3.26. The standard InChI is InChI=1S/C17H29N5S/c1-3-15-11-19-16(23-15)12-20-17(18-2)22-10-7-14(13-22)21-8-5-4-6-9-21/h11,14H,3-10,12-13H2,1-2H3,(H,18,20). The Labute approximate surface area is 143 Å². The molecular weight excluding hydrogens is 306 g/mol. The Balaban J connectivity index is 1.50. The predicted molar refractivity (Wildman–Crippen MR) is 97.1 cm³/mol. The summed E-state index contributed by atoms with van der Waals surface area (Å²) < 4.78 is 0. The number of piperidine rings is 1. The molecule has 128 valence electrons. The van der Waals surface area contributed by atoms with Gasteiger partial charge in [-0.05, 0) is 38.8 Å². The second-order valence-electron chi connectivity index (χ2n) is 6.46. The summed E-state index contributed by atoms with van der Waals surface area (Å²) in [6.07, 6.45) is 8.46. The number of rotatable bonds is 4. The van der Waals surface area contributed by atoms with Crippen LogP contribution in [0.5, 0.6) is 0 Å². The van der Waals surface area contributed by atoms with Crippen molar-refractivity contribution in [1.29, 1.82) is 0 Å².